The Morgan fingerprint density at radius 1 is 1.36 bits per heavy atom. The summed E-state index contributed by atoms with van der Waals surface area (Å²) in [6, 6.07) is 2.39. The molecule has 1 spiro atoms. The van der Waals surface area contributed by atoms with Crippen molar-refractivity contribution < 1.29 is 27.6 Å². The van der Waals surface area contributed by atoms with Crippen molar-refractivity contribution in [1.82, 2.24) is 10.2 Å². The number of rotatable bonds is 3. The molecule has 0 aromatic heterocycles. The molecule has 1 saturated carbocycles. The summed E-state index contributed by atoms with van der Waals surface area (Å²) in [7, 11) is 0. The predicted molar refractivity (Wildman–Crippen MR) is 95.7 cm³/mol. The normalized spacial score (nSPS) is 25.2. The van der Waals surface area contributed by atoms with Crippen LogP contribution in [0.2, 0.25) is 5.02 Å². The van der Waals surface area contributed by atoms with Gasteiger partial charge in [-0.05, 0) is 30.9 Å². The number of amides is 4. The van der Waals surface area contributed by atoms with Crippen molar-refractivity contribution in [3.63, 3.8) is 0 Å². The van der Waals surface area contributed by atoms with Crippen LogP contribution in [0.15, 0.2) is 18.2 Å². The van der Waals surface area contributed by atoms with E-state index in [2.05, 4.69) is 10.6 Å². The number of halogens is 4. The van der Waals surface area contributed by atoms with Crippen LogP contribution >= 0.6 is 11.6 Å². The molecule has 0 bridgehead atoms. The molecule has 1 heterocycles. The van der Waals surface area contributed by atoms with E-state index in [4.69, 9.17) is 11.6 Å². The number of nitrogens with one attached hydrogen (secondary N) is 2. The lowest BCUT2D eigenvalue weighted by Gasteiger charge is -2.36. The minimum absolute atomic E-state index is 0.0915. The molecule has 3 rings (SSSR count). The van der Waals surface area contributed by atoms with Gasteiger partial charge in [0, 0.05) is 0 Å². The molecule has 4 amide bonds. The Morgan fingerprint density at radius 2 is 2.07 bits per heavy atom. The number of carbonyl (C=O) groups excluding carboxylic acids is 3. The highest BCUT2D eigenvalue weighted by molar-refractivity contribution is 6.34. The minimum atomic E-state index is -4.73. The second-order valence-electron chi connectivity index (χ2n) is 7.15. The summed E-state index contributed by atoms with van der Waals surface area (Å²) in [6.45, 7) is 1.17. The monoisotopic (exact) mass is 417 g/mol. The quantitative estimate of drug-likeness (QED) is 0.734. The van der Waals surface area contributed by atoms with Crippen LogP contribution < -0.4 is 10.6 Å². The summed E-state index contributed by atoms with van der Waals surface area (Å²) in [4.78, 5) is 38.2. The van der Waals surface area contributed by atoms with Crippen LogP contribution in [-0.2, 0) is 15.8 Å². The van der Waals surface area contributed by atoms with Gasteiger partial charge in [0.05, 0.1) is 16.3 Å². The fourth-order valence-electron chi connectivity index (χ4n) is 3.85. The van der Waals surface area contributed by atoms with Crippen LogP contribution in [-0.4, -0.2) is 34.8 Å². The number of carbonyl (C=O) groups is 3. The second kappa shape index (κ2) is 7.27. The Labute approximate surface area is 164 Å². The third-order valence-corrected chi connectivity index (χ3v) is 5.70. The molecule has 6 nitrogen and oxygen atoms in total. The van der Waals surface area contributed by atoms with E-state index in [0.717, 1.165) is 36.3 Å². The number of anilines is 1. The van der Waals surface area contributed by atoms with Crippen molar-refractivity contribution in [1.29, 1.82) is 0 Å². The van der Waals surface area contributed by atoms with Gasteiger partial charge in [-0.25, -0.2) is 4.79 Å². The van der Waals surface area contributed by atoms with Crippen molar-refractivity contribution >= 4 is 35.1 Å². The zero-order chi connectivity index (χ0) is 20.7. The summed E-state index contributed by atoms with van der Waals surface area (Å²) in [6.07, 6.45) is -1.78. The summed E-state index contributed by atoms with van der Waals surface area (Å²) < 4.78 is 39.5. The fraction of sp³-hybridized carbons (Fsp3) is 0.500. The highest BCUT2D eigenvalue weighted by Crippen LogP contribution is 2.39. The van der Waals surface area contributed by atoms with Crippen LogP contribution in [0.3, 0.4) is 0 Å². The molecule has 1 aliphatic carbocycles. The Bertz CT molecular complexity index is 830. The minimum Gasteiger partial charge on any atom is -0.323 e. The topological polar surface area (TPSA) is 78.5 Å². The van der Waals surface area contributed by atoms with E-state index >= 15 is 0 Å². The fourth-order valence-corrected chi connectivity index (χ4v) is 4.07. The zero-order valence-corrected chi connectivity index (χ0v) is 15.8. The molecular weight excluding hydrogens is 399 g/mol. The van der Waals surface area contributed by atoms with E-state index in [9.17, 15) is 27.6 Å². The van der Waals surface area contributed by atoms with E-state index in [0.29, 0.717) is 6.42 Å². The van der Waals surface area contributed by atoms with Gasteiger partial charge < -0.3 is 10.6 Å². The smallest absolute Gasteiger partial charge is 0.323 e. The third-order valence-electron chi connectivity index (χ3n) is 5.39. The number of nitrogens with zero attached hydrogens (tertiary/aromatic N) is 1. The predicted octanol–water partition coefficient (Wildman–Crippen LogP) is 3.80. The Morgan fingerprint density at radius 3 is 2.71 bits per heavy atom. The van der Waals surface area contributed by atoms with E-state index in [1.54, 1.807) is 0 Å². The third kappa shape index (κ3) is 3.55. The van der Waals surface area contributed by atoms with Gasteiger partial charge >= 0.3 is 12.2 Å². The molecule has 1 aromatic rings. The van der Waals surface area contributed by atoms with Crippen molar-refractivity contribution in [3.05, 3.63) is 28.8 Å². The first-order valence-corrected chi connectivity index (χ1v) is 9.24. The zero-order valence-electron chi connectivity index (χ0n) is 15.0. The van der Waals surface area contributed by atoms with Crippen LogP contribution in [0, 0.1) is 5.92 Å². The number of benzene rings is 1. The lowest BCUT2D eigenvalue weighted by Crippen LogP contribution is -2.54. The Kier molecular flexibility index (Phi) is 5.31. The lowest BCUT2D eigenvalue weighted by atomic mass is 9.73. The summed E-state index contributed by atoms with van der Waals surface area (Å²) in [5.41, 5.74) is -2.76. The van der Waals surface area contributed by atoms with Crippen molar-refractivity contribution in [2.45, 2.75) is 44.3 Å². The molecule has 0 radical (unpaired) electrons. The molecule has 2 fully saturated rings. The van der Waals surface area contributed by atoms with Crippen LogP contribution in [0.4, 0.5) is 23.7 Å². The van der Waals surface area contributed by atoms with Gasteiger partial charge in [0.25, 0.3) is 5.91 Å². The van der Waals surface area contributed by atoms with Crippen LogP contribution in [0.5, 0.6) is 0 Å². The molecule has 1 aromatic carbocycles. The van der Waals surface area contributed by atoms with Crippen molar-refractivity contribution in [3.8, 4) is 0 Å². The lowest BCUT2D eigenvalue weighted by molar-refractivity contribution is -0.138. The maximum Gasteiger partial charge on any atom is 0.418 e. The molecule has 28 heavy (non-hydrogen) atoms. The number of hydrogen-bond donors (Lipinski definition) is 2. The van der Waals surface area contributed by atoms with Gasteiger partial charge in [-0.2, -0.15) is 13.2 Å². The molecular formula is C18H19ClF3N3O3. The maximum absolute atomic E-state index is 13.2. The average Bonchev–Trinajstić information content (AvgIpc) is 2.83. The standard InChI is InChI=1S/C18H19ClF3N3O3/c1-10-5-2-3-8-17(10)15(27)25(16(28)24-17)9-13(26)23-14-11(18(20,21)22)6-4-7-12(14)19/h4,6-7,10H,2-3,5,8-9H2,1H3,(H,23,26)(H,24,28)/t10-,17-/m1/s1. The summed E-state index contributed by atoms with van der Waals surface area (Å²) in [5, 5.41) is 4.48. The largest absolute Gasteiger partial charge is 0.418 e. The average molecular weight is 418 g/mol. The maximum atomic E-state index is 13.2. The molecule has 2 aliphatic rings. The number of para-hydroxylation sites is 1. The van der Waals surface area contributed by atoms with Gasteiger partial charge in [-0.3, -0.25) is 14.5 Å². The van der Waals surface area contributed by atoms with E-state index in [-0.39, 0.29) is 10.9 Å². The summed E-state index contributed by atoms with van der Waals surface area (Å²) in [5.74, 6) is -1.55. The van der Waals surface area contributed by atoms with Gasteiger partial charge in [0.1, 0.15) is 12.1 Å². The first kappa shape index (κ1) is 20.4. The number of hydrogen-bond acceptors (Lipinski definition) is 3. The highest BCUT2D eigenvalue weighted by Gasteiger charge is 2.55. The van der Waals surface area contributed by atoms with Crippen molar-refractivity contribution in [2.24, 2.45) is 5.92 Å². The number of alkyl halides is 3. The van der Waals surface area contributed by atoms with Crippen molar-refractivity contribution in [2.75, 3.05) is 11.9 Å². The molecule has 2 N–H and O–H groups in total. The molecule has 2 atom stereocenters. The summed E-state index contributed by atoms with van der Waals surface area (Å²) >= 11 is 5.81. The first-order valence-electron chi connectivity index (χ1n) is 8.86. The van der Waals surface area contributed by atoms with Crippen LogP contribution in [0.25, 0.3) is 0 Å². The van der Waals surface area contributed by atoms with E-state index in [1.807, 2.05) is 6.92 Å². The SMILES string of the molecule is C[C@@H]1CCCC[C@@]12NC(=O)N(CC(=O)Nc1c(Cl)cccc1C(F)(F)F)C2=O. The van der Waals surface area contributed by atoms with E-state index in [1.165, 1.54) is 6.07 Å². The number of imide groups is 1. The first-order chi connectivity index (χ1) is 13.1. The molecule has 1 saturated heterocycles. The molecule has 0 unspecified atom stereocenters. The number of urea groups is 1. The Hall–Kier alpha value is -2.29. The van der Waals surface area contributed by atoms with Gasteiger partial charge in [-0.15, -0.1) is 0 Å². The van der Waals surface area contributed by atoms with Gasteiger partial charge in [-0.1, -0.05) is 37.4 Å². The van der Waals surface area contributed by atoms with Gasteiger partial charge in [0.2, 0.25) is 5.91 Å². The molecule has 10 heteroatoms. The van der Waals surface area contributed by atoms with Gasteiger partial charge in [0.15, 0.2) is 0 Å². The second-order valence-corrected chi connectivity index (χ2v) is 7.56. The Balaban J connectivity index is 1.78. The van der Waals surface area contributed by atoms with E-state index < -0.39 is 47.4 Å². The van der Waals surface area contributed by atoms with Crippen LogP contribution in [0.1, 0.15) is 38.2 Å². The highest BCUT2D eigenvalue weighted by atomic mass is 35.5. The molecule has 1 aliphatic heterocycles. The molecule has 152 valence electrons.